The summed E-state index contributed by atoms with van der Waals surface area (Å²) in [6.07, 6.45) is 0. The molecule has 3 aromatic rings. The summed E-state index contributed by atoms with van der Waals surface area (Å²) >= 11 is 19.7. The van der Waals surface area contributed by atoms with E-state index in [2.05, 4.69) is 5.32 Å². The molecule has 0 bridgehead atoms. The number of thiophene rings is 1. The summed E-state index contributed by atoms with van der Waals surface area (Å²) in [6.45, 7) is 0. The molecule has 2 aromatic carbocycles. The van der Waals surface area contributed by atoms with Crippen LogP contribution >= 0.6 is 46.1 Å². The van der Waals surface area contributed by atoms with E-state index in [4.69, 9.17) is 39.5 Å². The highest BCUT2D eigenvalue weighted by molar-refractivity contribution is 7.21. The predicted molar refractivity (Wildman–Crippen MR) is 103 cm³/mol. The standard InChI is InChI=1S/C17H10Cl3NO3S/c1-24-17(23)8-4-2-3-5-10(8)21-16(22)15-14(20)12-11(25-15)7-6-9(18)13(12)19/h2-7H,1H3,(H,21,22). The van der Waals surface area contributed by atoms with E-state index < -0.39 is 11.9 Å². The Morgan fingerprint density at radius 1 is 1.04 bits per heavy atom. The number of hydrogen-bond donors (Lipinski definition) is 1. The molecule has 8 heteroatoms. The molecule has 1 aromatic heterocycles. The predicted octanol–water partition coefficient (Wildman–Crippen LogP) is 5.90. The Labute approximate surface area is 162 Å². The number of methoxy groups -OCH3 is 1. The topological polar surface area (TPSA) is 55.4 Å². The number of halogens is 3. The molecule has 3 rings (SSSR count). The molecular weight excluding hydrogens is 405 g/mol. The zero-order chi connectivity index (χ0) is 18.1. The fourth-order valence-corrected chi connectivity index (χ4v) is 4.27. The molecule has 0 spiro atoms. The van der Waals surface area contributed by atoms with Gasteiger partial charge in [-0.25, -0.2) is 4.79 Å². The molecule has 128 valence electrons. The third-order valence-corrected chi connectivity index (χ3v) is 5.92. The van der Waals surface area contributed by atoms with Gasteiger partial charge in [-0.1, -0.05) is 46.9 Å². The van der Waals surface area contributed by atoms with Crippen molar-refractivity contribution in [1.29, 1.82) is 0 Å². The third-order valence-electron chi connectivity index (χ3n) is 3.47. The van der Waals surface area contributed by atoms with Crippen molar-refractivity contribution in [2.45, 2.75) is 0 Å². The molecule has 1 N–H and O–H groups in total. The molecule has 1 amide bonds. The first-order valence-corrected chi connectivity index (χ1v) is 8.93. The van der Waals surface area contributed by atoms with Crippen LogP contribution in [0.5, 0.6) is 0 Å². The maximum absolute atomic E-state index is 12.7. The second-order valence-electron chi connectivity index (χ2n) is 4.97. The van der Waals surface area contributed by atoms with Gasteiger partial charge in [-0.05, 0) is 24.3 Å². The lowest BCUT2D eigenvalue weighted by Crippen LogP contribution is -2.14. The summed E-state index contributed by atoms with van der Waals surface area (Å²) in [5.74, 6) is -0.997. The van der Waals surface area contributed by atoms with Crippen LogP contribution < -0.4 is 5.32 Å². The zero-order valence-electron chi connectivity index (χ0n) is 12.7. The van der Waals surface area contributed by atoms with Gasteiger partial charge in [0, 0.05) is 10.1 Å². The van der Waals surface area contributed by atoms with Crippen LogP contribution in [-0.4, -0.2) is 19.0 Å². The number of amides is 1. The Bertz CT molecular complexity index is 1000. The molecule has 0 saturated heterocycles. The Hall–Kier alpha value is -1.79. The fraction of sp³-hybridized carbons (Fsp3) is 0.0588. The van der Waals surface area contributed by atoms with Gasteiger partial charge in [0.1, 0.15) is 4.88 Å². The van der Waals surface area contributed by atoms with Crippen LogP contribution in [0.3, 0.4) is 0 Å². The first-order chi connectivity index (χ1) is 11.9. The number of anilines is 1. The normalized spacial score (nSPS) is 10.7. The van der Waals surface area contributed by atoms with E-state index in [0.29, 0.717) is 21.1 Å². The van der Waals surface area contributed by atoms with E-state index in [9.17, 15) is 9.59 Å². The molecule has 0 aliphatic heterocycles. The molecule has 1 heterocycles. The summed E-state index contributed by atoms with van der Waals surface area (Å²) in [5.41, 5.74) is 0.577. The van der Waals surface area contributed by atoms with Crippen LogP contribution in [0.4, 0.5) is 5.69 Å². The van der Waals surface area contributed by atoms with Crippen LogP contribution in [-0.2, 0) is 4.74 Å². The second-order valence-corrected chi connectivity index (χ2v) is 7.19. The lowest BCUT2D eigenvalue weighted by Gasteiger charge is -2.08. The quantitative estimate of drug-likeness (QED) is 0.543. The number of esters is 1. The summed E-state index contributed by atoms with van der Waals surface area (Å²) in [5, 5.41) is 4.10. The average Bonchev–Trinajstić information content (AvgIpc) is 2.95. The van der Waals surface area contributed by atoms with E-state index in [1.807, 2.05) is 0 Å². The van der Waals surface area contributed by atoms with Gasteiger partial charge in [0.2, 0.25) is 0 Å². The van der Waals surface area contributed by atoms with Gasteiger partial charge >= 0.3 is 5.97 Å². The maximum atomic E-state index is 12.7. The van der Waals surface area contributed by atoms with Crippen LogP contribution in [0.25, 0.3) is 10.1 Å². The van der Waals surface area contributed by atoms with Gasteiger partial charge in [0.15, 0.2) is 0 Å². The summed E-state index contributed by atoms with van der Waals surface area (Å²) in [4.78, 5) is 24.7. The van der Waals surface area contributed by atoms with Crippen molar-refractivity contribution in [1.82, 2.24) is 0 Å². The molecule has 0 unspecified atom stereocenters. The van der Waals surface area contributed by atoms with Gasteiger partial charge < -0.3 is 10.1 Å². The van der Waals surface area contributed by atoms with Crippen LogP contribution in [0.2, 0.25) is 15.1 Å². The average molecular weight is 415 g/mol. The Morgan fingerprint density at radius 3 is 2.48 bits per heavy atom. The minimum atomic E-state index is -0.548. The molecule has 0 aliphatic carbocycles. The van der Waals surface area contributed by atoms with Crippen molar-refractivity contribution in [2.24, 2.45) is 0 Å². The van der Waals surface area contributed by atoms with E-state index in [-0.39, 0.29) is 15.5 Å². The molecule has 4 nitrogen and oxygen atoms in total. The Morgan fingerprint density at radius 2 is 1.76 bits per heavy atom. The maximum Gasteiger partial charge on any atom is 0.339 e. The van der Waals surface area contributed by atoms with Crippen molar-refractivity contribution in [2.75, 3.05) is 12.4 Å². The number of benzene rings is 2. The summed E-state index contributed by atoms with van der Waals surface area (Å²) < 4.78 is 5.46. The first kappa shape index (κ1) is 18.0. The van der Waals surface area contributed by atoms with Crippen LogP contribution in [0.1, 0.15) is 20.0 Å². The molecule has 0 atom stereocenters. The summed E-state index contributed by atoms with van der Waals surface area (Å²) in [6, 6.07) is 9.94. The largest absolute Gasteiger partial charge is 0.465 e. The van der Waals surface area contributed by atoms with Crippen molar-refractivity contribution in [3.05, 3.63) is 61.9 Å². The number of rotatable bonds is 3. The van der Waals surface area contributed by atoms with E-state index in [1.165, 1.54) is 18.4 Å². The Balaban J connectivity index is 2.01. The fourth-order valence-electron chi connectivity index (χ4n) is 2.30. The summed E-state index contributed by atoms with van der Waals surface area (Å²) in [7, 11) is 1.27. The molecule has 0 saturated carbocycles. The van der Waals surface area contributed by atoms with Gasteiger partial charge in [-0.3, -0.25) is 4.79 Å². The highest BCUT2D eigenvalue weighted by Gasteiger charge is 2.21. The van der Waals surface area contributed by atoms with Gasteiger partial charge in [0.25, 0.3) is 5.91 Å². The SMILES string of the molecule is COC(=O)c1ccccc1NC(=O)c1sc2ccc(Cl)c(Cl)c2c1Cl. The van der Waals surface area contributed by atoms with Crippen molar-refractivity contribution >= 4 is 73.8 Å². The number of carbonyl (C=O) groups excluding carboxylic acids is 2. The van der Waals surface area contributed by atoms with Crippen molar-refractivity contribution in [3.63, 3.8) is 0 Å². The number of para-hydroxylation sites is 1. The molecule has 0 fully saturated rings. The zero-order valence-corrected chi connectivity index (χ0v) is 15.8. The smallest absolute Gasteiger partial charge is 0.339 e. The molecule has 0 aliphatic rings. The number of hydrogen-bond acceptors (Lipinski definition) is 4. The van der Waals surface area contributed by atoms with Gasteiger partial charge in [-0.2, -0.15) is 0 Å². The number of carbonyl (C=O) groups is 2. The van der Waals surface area contributed by atoms with Crippen LogP contribution in [0.15, 0.2) is 36.4 Å². The second kappa shape index (κ2) is 7.22. The lowest BCUT2D eigenvalue weighted by molar-refractivity contribution is 0.0602. The number of nitrogens with one attached hydrogen (secondary N) is 1. The first-order valence-electron chi connectivity index (χ1n) is 6.98. The van der Waals surface area contributed by atoms with E-state index in [1.54, 1.807) is 36.4 Å². The van der Waals surface area contributed by atoms with E-state index in [0.717, 1.165) is 4.70 Å². The lowest BCUT2D eigenvalue weighted by atomic mass is 10.1. The van der Waals surface area contributed by atoms with Gasteiger partial charge in [-0.15, -0.1) is 11.3 Å². The highest BCUT2D eigenvalue weighted by Crippen LogP contribution is 2.42. The van der Waals surface area contributed by atoms with Crippen LogP contribution in [0, 0.1) is 0 Å². The Kier molecular flexibility index (Phi) is 5.20. The minimum absolute atomic E-state index is 0.223. The molecular formula is C17H10Cl3NO3S. The monoisotopic (exact) mass is 413 g/mol. The molecule has 0 radical (unpaired) electrons. The highest BCUT2D eigenvalue weighted by atomic mass is 35.5. The number of fused-ring (bicyclic) bond motifs is 1. The minimum Gasteiger partial charge on any atom is -0.465 e. The van der Waals surface area contributed by atoms with Gasteiger partial charge in [0.05, 0.1) is 33.4 Å². The number of ether oxygens (including phenoxy) is 1. The van der Waals surface area contributed by atoms with E-state index >= 15 is 0 Å². The molecule has 25 heavy (non-hydrogen) atoms. The third kappa shape index (κ3) is 3.33. The van der Waals surface area contributed by atoms with Crippen molar-refractivity contribution in [3.8, 4) is 0 Å². The van der Waals surface area contributed by atoms with Crippen molar-refractivity contribution < 1.29 is 14.3 Å².